The zero-order chi connectivity index (χ0) is 8.11. The molecule has 0 spiro atoms. The van der Waals surface area contributed by atoms with Crippen molar-refractivity contribution in [2.75, 3.05) is 6.54 Å². The van der Waals surface area contributed by atoms with Crippen LogP contribution in [0.2, 0.25) is 0 Å². The third kappa shape index (κ3) is 0.894. The Morgan fingerprint density at radius 1 is 1.55 bits per heavy atom. The van der Waals surface area contributed by atoms with E-state index in [-0.39, 0.29) is 11.0 Å². The third-order valence-corrected chi connectivity index (χ3v) is 2.80. The largest absolute Gasteiger partial charge is 0.465 e. The van der Waals surface area contributed by atoms with E-state index in [1.165, 1.54) is 0 Å². The molecule has 1 amide bonds. The second kappa shape index (κ2) is 1.69. The van der Waals surface area contributed by atoms with Gasteiger partial charge >= 0.3 is 6.09 Å². The predicted molar refractivity (Wildman–Crippen MR) is 39.2 cm³/mol. The van der Waals surface area contributed by atoms with E-state index < -0.39 is 6.09 Å². The molecule has 2 bridgehead atoms. The predicted octanol–water partition coefficient (Wildman–Crippen LogP) is 0.135. The normalized spacial score (nSPS) is 45.5. The first-order chi connectivity index (χ1) is 5.04. The third-order valence-electron chi connectivity index (χ3n) is 2.80. The van der Waals surface area contributed by atoms with Crippen LogP contribution < -0.4 is 11.1 Å². The molecule has 3 saturated carbocycles. The van der Waals surface area contributed by atoms with Gasteiger partial charge in [0, 0.05) is 12.1 Å². The Kier molecular flexibility index (Phi) is 1.06. The van der Waals surface area contributed by atoms with Gasteiger partial charge in [-0.15, -0.1) is 0 Å². The summed E-state index contributed by atoms with van der Waals surface area (Å²) in [7, 11) is 0. The lowest BCUT2D eigenvalue weighted by atomic mass is 9.40. The Hall–Kier alpha value is -0.770. The van der Waals surface area contributed by atoms with Gasteiger partial charge in [-0.2, -0.15) is 0 Å². The molecule has 0 aromatic rings. The highest BCUT2D eigenvalue weighted by molar-refractivity contribution is 5.64. The van der Waals surface area contributed by atoms with Crippen molar-refractivity contribution in [1.82, 2.24) is 5.32 Å². The average Bonchev–Trinajstić information content (AvgIpc) is 1.75. The molecule has 4 nitrogen and oxygen atoms in total. The molecule has 3 aliphatic carbocycles. The Labute approximate surface area is 64.8 Å². The van der Waals surface area contributed by atoms with Gasteiger partial charge in [0.1, 0.15) is 0 Å². The standard InChI is InChI=1S/C7H12N2O2/c8-7-1-6(2-7,3-7)4-9-5(10)11/h9H,1-4,8H2,(H,10,11). The van der Waals surface area contributed by atoms with Gasteiger partial charge in [-0.1, -0.05) is 0 Å². The van der Waals surface area contributed by atoms with E-state index in [9.17, 15) is 4.79 Å². The average molecular weight is 156 g/mol. The summed E-state index contributed by atoms with van der Waals surface area (Å²) in [5.41, 5.74) is 6.13. The van der Waals surface area contributed by atoms with Crippen LogP contribution in [0.3, 0.4) is 0 Å². The number of carbonyl (C=O) groups is 1. The fraction of sp³-hybridized carbons (Fsp3) is 0.857. The summed E-state index contributed by atoms with van der Waals surface area (Å²) < 4.78 is 0. The Morgan fingerprint density at radius 3 is 2.45 bits per heavy atom. The fourth-order valence-corrected chi connectivity index (χ4v) is 2.54. The molecule has 3 rings (SSSR count). The molecule has 0 heterocycles. The number of rotatable bonds is 2. The van der Waals surface area contributed by atoms with Gasteiger partial charge in [-0.3, -0.25) is 0 Å². The Bertz CT molecular complexity index is 195. The Morgan fingerprint density at radius 2 is 2.09 bits per heavy atom. The molecule has 0 aromatic heterocycles. The van der Waals surface area contributed by atoms with Gasteiger partial charge in [0.25, 0.3) is 0 Å². The highest BCUT2D eigenvalue weighted by atomic mass is 16.4. The molecule has 4 N–H and O–H groups in total. The summed E-state index contributed by atoms with van der Waals surface area (Å²) in [4.78, 5) is 10.1. The van der Waals surface area contributed by atoms with E-state index in [0.29, 0.717) is 6.54 Å². The molecule has 0 unspecified atom stereocenters. The van der Waals surface area contributed by atoms with Crippen LogP contribution in [-0.4, -0.2) is 23.3 Å². The topological polar surface area (TPSA) is 75.3 Å². The Balaban J connectivity index is 1.78. The molecule has 3 aliphatic rings. The van der Waals surface area contributed by atoms with Gasteiger partial charge in [0.15, 0.2) is 0 Å². The van der Waals surface area contributed by atoms with E-state index in [1.807, 2.05) is 0 Å². The number of amides is 1. The molecule has 0 saturated heterocycles. The van der Waals surface area contributed by atoms with Gasteiger partial charge in [-0.05, 0) is 24.7 Å². The van der Waals surface area contributed by atoms with Crippen LogP contribution in [0, 0.1) is 5.41 Å². The van der Waals surface area contributed by atoms with Crippen LogP contribution in [0.4, 0.5) is 4.79 Å². The van der Waals surface area contributed by atoms with Crippen LogP contribution in [-0.2, 0) is 0 Å². The maximum Gasteiger partial charge on any atom is 0.404 e. The molecule has 4 heteroatoms. The van der Waals surface area contributed by atoms with Crippen molar-refractivity contribution in [2.45, 2.75) is 24.8 Å². The summed E-state index contributed by atoms with van der Waals surface area (Å²) in [5.74, 6) is 0. The lowest BCUT2D eigenvalue weighted by Crippen LogP contribution is -2.74. The summed E-state index contributed by atoms with van der Waals surface area (Å²) in [6.45, 7) is 0.585. The minimum absolute atomic E-state index is 0.0835. The minimum Gasteiger partial charge on any atom is -0.465 e. The molecule has 0 radical (unpaired) electrons. The summed E-state index contributed by atoms with van der Waals surface area (Å²) in [5, 5.41) is 10.7. The van der Waals surface area contributed by atoms with Gasteiger partial charge in [-0.25, -0.2) is 4.79 Å². The molecule has 0 aromatic carbocycles. The number of hydrogen-bond acceptors (Lipinski definition) is 2. The van der Waals surface area contributed by atoms with Crippen molar-refractivity contribution in [1.29, 1.82) is 0 Å². The molecular formula is C7H12N2O2. The number of nitrogens with two attached hydrogens (primary N) is 1. The van der Waals surface area contributed by atoms with Crippen molar-refractivity contribution in [2.24, 2.45) is 11.1 Å². The first kappa shape index (κ1) is 6.91. The lowest BCUT2D eigenvalue weighted by Gasteiger charge is -2.69. The molecule has 11 heavy (non-hydrogen) atoms. The van der Waals surface area contributed by atoms with Crippen molar-refractivity contribution < 1.29 is 9.90 Å². The highest BCUT2D eigenvalue weighted by Crippen LogP contribution is 2.65. The quantitative estimate of drug-likeness (QED) is 0.532. The molecule has 0 atom stereocenters. The van der Waals surface area contributed by atoms with Gasteiger partial charge in [0.2, 0.25) is 0 Å². The number of nitrogens with one attached hydrogen (secondary N) is 1. The van der Waals surface area contributed by atoms with Crippen LogP contribution in [0.15, 0.2) is 0 Å². The maximum atomic E-state index is 10.1. The maximum absolute atomic E-state index is 10.1. The van der Waals surface area contributed by atoms with Crippen molar-refractivity contribution in [3.05, 3.63) is 0 Å². The van der Waals surface area contributed by atoms with Crippen LogP contribution in [0.5, 0.6) is 0 Å². The van der Waals surface area contributed by atoms with Crippen molar-refractivity contribution >= 4 is 6.09 Å². The second-order valence-corrected chi connectivity index (χ2v) is 4.05. The smallest absolute Gasteiger partial charge is 0.404 e. The fourth-order valence-electron chi connectivity index (χ4n) is 2.54. The van der Waals surface area contributed by atoms with Gasteiger partial charge in [0.05, 0.1) is 0 Å². The van der Waals surface area contributed by atoms with E-state index in [1.54, 1.807) is 0 Å². The first-order valence-corrected chi connectivity index (χ1v) is 3.79. The monoisotopic (exact) mass is 156 g/mol. The van der Waals surface area contributed by atoms with Crippen LogP contribution in [0.1, 0.15) is 19.3 Å². The van der Waals surface area contributed by atoms with Crippen LogP contribution in [0.25, 0.3) is 0 Å². The van der Waals surface area contributed by atoms with Crippen LogP contribution >= 0.6 is 0 Å². The van der Waals surface area contributed by atoms with E-state index in [4.69, 9.17) is 10.8 Å². The summed E-state index contributed by atoms with van der Waals surface area (Å²) in [6, 6.07) is 0. The summed E-state index contributed by atoms with van der Waals surface area (Å²) >= 11 is 0. The summed E-state index contributed by atoms with van der Waals surface area (Å²) in [6.07, 6.45) is 2.07. The van der Waals surface area contributed by atoms with Crippen molar-refractivity contribution in [3.63, 3.8) is 0 Å². The zero-order valence-electron chi connectivity index (χ0n) is 6.26. The number of carboxylic acid groups (broad SMARTS) is 1. The van der Waals surface area contributed by atoms with E-state index in [2.05, 4.69) is 5.32 Å². The molecule has 62 valence electrons. The van der Waals surface area contributed by atoms with E-state index in [0.717, 1.165) is 19.3 Å². The molecule has 0 aliphatic heterocycles. The lowest BCUT2D eigenvalue weighted by molar-refractivity contribution is -0.126. The first-order valence-electron chi connectivity index (χ1n) is 3.79. The zero-order valence-corrected chi connectivity index (χ0v) is 6.26. The highest BCUT2D eigenvalue weighted by Gasteiger charge is 2.65. The molecular weight excluding hydrogens is 144 g/mol. The van der Waals surface area contributed by atoms with Crippen molar-refractivity contribution in [3.8, 4) is 0 Å². The molecule has 3 fully saturated rings. The van der Waals surface area contributed by atoms with E-state index >= 15 is 0 Å². The minimum atomic E-state index is -0.930. The SMILES string of the molecule is NC12CC(CNC(=O)O)(C1)C2. The second-order valence-electron chi connectivity index (χ2n) is 4.05. The van der Waals surface area contributed by atoms with Gasteiger partial charge < -0.3 is 16.2 Å². The number of hydrogen-bond donors (Lipinski definition) is 3.